The summed E-state index contributed by atoms with van der Waals surface area (Å²) in [7, 11) is 2.04. The molecule has 1 aliphatic rings. The van der Waals surface area contributed by atoms with Crippen LogP contribution in [0.4, 0.5) is 8.78 Å². The van der Waals surface area contributed by atoms with E-state index in [1.807, 2.05) is 37.4 Å². The van der Waals surface area contributed by atoms with Crippen molar-refractivity contribution >= 4 is 27.3 Å². The van der Waals surface area contributed by atoms with Crippen molar-refractivity contribution in [1.29, 1.82) is 0 Å². The standard InChI is InChI=1S/C23H24F2N2O2S/c1-27-12-10-16(11-13-27)26-23(28)20-19-17(29-14-15-6-3-2-4-7-15)8-5-9-18(19)30-21(20)22(24)25/h2-9,16,22H,10-14H2,1H3,(H,26,28). The molecule has 0 bridgehead atoms. The Morgan fingerprint density at radius 1 is 1.17 bits per heavy atom. The first kappa shape index (κ1) is 20.8. The van der Waals surface area contributed by atoms with Crippen molar-refractivity contribution in [3.8, 4) is 5.75 Å². The number of hydrogen-bond acceptors (Lipinski definition) is 4. The van der Waals surface area contributed by atoms with E-state index in [0.29, 0.717) is 22.4 Å². The van der Waals surface area contributed by atoms with Crippen LogP contribution in [0.3, 0.4) is 0 Å². The van der Waals surface area contributed by atoms with Crippen molar-refractivity contribution in [2.75, 3.05) is 20.1 Å². The number of nitrogens with zero attached hydrogens (tertiary/aromatic N) is 1. The largest absolute Gasteiger partial charge is 0.488 e. The molecule has 1 saturated heterocycles. The van der Waals surface area contributed by atoms with E-state index in [4.69, 9.17) is 4.74 Å². The van der Waals surface area contributed by atoms with Crippen LogP contribution < -0.4 is 10.1 Å². The average molecular weight is 431 g/mol. The van der Waals surface area contributed by atoms with Crippen LogP contribution in [0.25, 0.3) is 10.1 Å². The minimum absolute atomic E-state index is 0.00780. The van der Waals surface area contributed by atoms with Crippen LogP contribution in [0, 0.1) is 0 Å². The highest BCUT2D eigenvalue weighted by Crippen LogP contribution is 2.42. The second-order valence-electron chi connectivity index (χ2n) is 7.60. The number of nitrogens with one attached hydrogen (secondary N) is 1. The molecule has 4 rings (SSSR count). The first-order valence-electron chi connectivity index (χ1n) is 10.0. The predicted molar refractivity (Wildman–Crippen MR) is 116 cm³/mol. The zero-order chi connectivity index (χ0) is 21.1. The molecule has 4 nitrogen and oxygen atoms in total. The van der Waals surface area contributed by atoms with Gasteiger partial charge in [0.05, 0.1) is 10.4 Å². The third kappa shape index (κ3) is 4.47. The zero-order valence-corrected chi connectivity index (χ0v) is 17.6. The third-order valence-corrected chi connectivity index (χ3v) is 6.58. The highest BCUT2D eigenvalue weighted by Gasteiger charge is 2.29. The number of likely N-dealkylation sites (tertiary alicyclic amines) is 1. The van der Waals surface area contributed by atoms with Gasteiger partial charge in [0.15, 0.2) is 0 Å². The number of ether oxygens (including phenoxy) is 1. The second kappa shape index (κ2) is 9.10. The van der Waals surface area contributed by atoms with Crippen LogP contribution in [0.2, 0.25) is 0 Å². The monoisotopic (exact) mass is 430 g/mol. The summed E-state index contributed by atoms with van der Waals surface area (Å²) in [6.45, 7) is 2.06. The van der Waals surface area contributed by atoms with Crippen molar-refractivity contribution in [2.24, 2.45) is 0 Å². The van der Waals surface area contributed by atoms with Crippen LogP contribution in [-0.4, -0.2) is 37.0 Å². The summed E-state index contributed by atoms with van der Waals surface area (Å²) in [5, 5.41) is 3.45. The molecular weight excluding hydrogens is 406 g/mol. The number of alkyl halides is 2. The molecule has 158 valence electrons. The smallest absolute Gasteiger partial charge is 0.273 e. The summed E-state index contributed by atoms with van der Waals surface area (Å²) < 4.78 is 34.2. The fraction of sp³-hybridized carbons (Fsp3) is 0.348. The minimum atomic E-state index is -2.72. The SMILES string of the molecule is CN1CCC(NC(=O)c2c(C(F)F)sc3cccc(OCc4ccccc4)c23)CC1. The molecule has 1 fully saturated rings. The molecule has 1 aliphatic heterocycles. The maximum Gasteiger partial charge on any atom is 0.273 e. The van der Waals surface area contributed by atoms with Crippen LogP contribution >= 0.6 is 11.3 Å². The quantitative estimate of drug-likeness (QED) is 0.581. The van der Waals surface area contributed by atoms with Gasteiger partial charge in [0.2, 0.25) is 0 Å². The Morgan fingerprint density at radius 3 is 2.60 bits per heavy atom. The van der Waals surface area contributed by atoms with E-state index in [9.17, 15) is 13.6 Å². The minimum Gasteiger partial charge on any atom is -0.488 e. The van der Waals surface area contributed by atoms with Gasteiger partial charge in [0.25, 0.3) is 12.3 Å². The molecule has 3 aromatic rings. The average Bonchev–Trinajstić information content (AvgIpc) is 3.15. The Bertz CT molecular complexity index is 1010. The van der Waals surface area contributed by atoms with Gasteiger partial charge in [-0.2, -0.15) is 0 Å². The van der Waals surface area contributed by atoms with Crippen molar-refractivity contribution in [3.05, 3.63) is 64.5 Å². The summed E-state index contributed by atoms with van der Waals surface area (Å²) >= 11 is 0.960. The molecule has 2 aromatic carbocycles. The van der Waals surface area contributed by atoms with Crippen LogP contribution in [0.5, 0.6) is 5.75 Å². The van der Waals surface area contributed by atoms with E-state index in [0.717, 1.165) is 42.8 Å². The van der Waals surface area contributed by atoms with Gasteiger partial charge in [0.1, 0.15) is 12.4 Å². The van der Waals surface area contributed by atoms with Crippen molar-refractivity contribution in [2.45, 2.75) is 31.9 Å². The maximum absolute atomic E-state index is 13.8. The summed E-state index contributed by atoms with van der Waals surface area (Å²) in [6.07, 6.45) is -1.10. The Hall–Kier alpha value is -2.51. The fourth-order valence-electron chi connectivity index (χ4n) is 3.78. The Labute approximate surface area is 178 Å². The number of amides is 1. The number of rotatable bonds is 6. The number of fused-ring (bicyclic) bond motifs is 1. The number of carbonyl (C=O) groups excluding carboxylic acids is 1. The first-order valence-corrected chi connectivity index (χ1v) is 10.8. The van der Waals surface area contributed by atoms with Crippen LogP contribution in [0.15, 0.2) is 48.5 Å². The van der Waals surface area contributed by atoms with Crippen molar-refractivity contribution < 1.29 is 18.3 Å². The summed E-state index contributed by atoms with van der Waals surface area (Å²) in [5.74, 6) is 0.00916. The molecule has 2 heterocycles. The van der Waals surface area contributed by atoms with Gasteiger partial charge in [-0.1, -0.05) is 36.4 Å². The third-order valence-electron chi connectivity index (χ3n) is 5.42. The lowest BCUT2D eigenvalue weighted by atomic mass is 10.0. The number of halogens is 2. The van der Waals surface area contributed by atoms with E-state index >= 15 is 0 Å². The van der Waals surface area contributed by atoms with E-state index in [1.165, 1.54) is 0 Å². The van der Waals surface area contributed by atoms with Crippen molar-refractivity contribution in [1.82, 2.24) is 10.2 Å². The lowest BCUT2D eigenvalue weighted by Crippen LogP contribution is -2.43. The summed E-state index contributed by atoms with van der Waals surface area (Å²) in [6, 6.07) is 14.9. The Morgan fingerprint density at radius 2 is 1.90 bits per heavy atom. The molecule has 30 heavy (non-hydrogen) atoms. The van der Waals surface area contributed by atoms with Crippen LogP contribution in [-0.2, 0) is 6.61 Å². The molecule has 1 aromatic heterocycles. The van der Waals surface area contributed by atoms with Gasteiger partial charge >= 0.3 is 0 Å². The van der Waals surface area contributed by atoms with Crippen molar-refractivity contribution in [3.63, 3.8) is 0 Å². The van der Waals surface area contributed by atoms with Gasteiger partial charge in [-0.3, -0.25) is 4.79 Å². The van der Waals surface area contributed by atoms with Gasteiger partial charge in [-0.25, -0.2) is 8.78 Å². The molecule has 0 unspecified atom stereocenters. The molecule has 0 aliphatic carbocycles. The lowest BCUT2D eigenvalue weighted by molar-refractivity contribution is 0.0907. The highest BCUT2D eigenvalue weighted by molar-refractivity contribution is 7.19. The molecule has 0 spiro atoms. The molecule has 7 heteroatoms. The molecule has 1 amide bonds. The molecular formula is C23H24F2N2O2S. The second-order valence-corrected chi connectivity index (χ2v) is 8.68. The predicted octanol–water partition coefficient (Wildman–Crippen LogP) is 5.24. The number of thiophene rings is 1. The number of piperidine rings is 1. The van der Waals surface area contributed by atoms with Gasteiger partial charge in [-0.05, 0) is 50.7 Å². The van der Waals surface area contributed by atoms with E-state index in [1.54, 1.807) is 18.2 Å². The summed E-state index contributed by atoms with van der Waals surface area (Å²) in [4.78, 5) is 15.1. The molecule has 0 atom stereocenters. The van der Waals surface area contributed by atoms with Gasteiger partial charge < -0.3 is 15.0 Å². The Kier molecular flexibility index (Phi) is 6.29. The maximum atomic E-state index is 13.8. The van der Waals surface area contributed by atoms with Gasteiger partial charge in [-0.15, -0.1) is 11.3 Å². The number of carbonyl (C=O) groups is 1. The fourth-order valence-corrected chi connectivity index (χ4v) is 4.85. The van der Waals surface area contributed by atoms with E-state index < -0.39 is 12.3 Å². The molecule has 0 saturated carbocycles. The number of benzene rings is 2. The van der Waals surface area contributed by atoms with E-state index in [2.05, 4.69) is 10.2 Å². The Balaban J connectivity index is 1.66. The first-order chi connectivity index (χ1) is 14.5. The highest BCUT2D eigenvalue weighted by atomic mass is 32.1. The zero-order valence-electron chi connectivity index (χ0n) is 16.7. The normalized spacial score (nSPS) is 15.6. The number of hydrogen-bond donors (Lipinski definition) is 1. The molecule has 1 N–H and O–H groups in total. The topological polar surface area (TPSA) is 41.6 Å². The van der Waals surface area contributed by atoms with E-state index in [-0.39, 0.29) is 16.5 Å². The summed E-state index contributed by atoms with van der Waals surface area (Å²) in [5.41, 5.74) is 1.02. The van der Waals surface area contributed by atoms with Gasteiger partial charge in [0, 0.05) is 16.1 Å². The molecule has 0 radical (unpaired) electrons. The van der Waals surface area contributed by atoms with Crippen LogP contribution in [0.1, 0.15) is 40.1 Å². The lowest BCUT2D eigenvalue weighted by Gasteiger charge is -2.29.